The van der Waals surface area contributed by atoms with Crippen LogP contribution in [0.3, 0.4) is 0 Å². The molecule has 0 bridgehead atoms. The van der Waals surface area contributed by atoms with E-state index in [0.29, 0.717) is 5.56 Å². The number of carboxylic acids is 1. The van der Waals surface area contributed by atoms with Crippen molar-refractivity contribution < 1.29 is 23.8 Å². The van der Waals surface area contributed by atoms with Crippen molar-refractivity contribution in [2.75, 3.05) is 6.54 Å². The van der Waals surface area contributed by atoms with E-state index < -0.39 is 34.9 Å². The van der Waals surface area contributed by atoms with E-state index >= 15 is 0 Å². The molecule has 1 amide bonds. The summed E-state index contributed by atoms with van der Waals surface area (Å²) < 4.78 is 19.0. The Kier molecular flexibility index (Phi) is 4.13. The van der Waals surface area contributed by atoms with Crippen LogP contribution in [0.4, 0.5) is 9.18 Å². The van der Waals surface area contributed by atoms with Crippen LogP contribution in [-0.2, 0) is 14.9 Å². The van der Waals surface area contributed by atoms with Crippen LogP contribution in [-0.4, -0.2) is 34.2 Å². The molecular formula is C17H22FNO4. The molecule has 1 aromatic rings. The Balaban J connectivity index is 2.53. The molecule has 0 radical (unpaired) electrons. The maximum Gasteiger partial charge on any atom is 0.411 e. The Labute approximate surface area is 135 Å². The number of hydrogen-bond acceptors (Lipinski definition) is 3. The highest BCUT2D eigenvalue weighted by molar-refractivity contribution is 5.83. The molecule has 6 heteroatoms. The number of halogens is 1. The molecule has 0 fully saturated rings. The lowest BCUT2D eigenvalue weighted by atomic mass is 9.75. The van der Waals surface area contributed by atoms with Gasteiger partial charge in [0, 0.05) is 12.0 Å². The van der Waals surface area contributed by atoms with Gasteiger partial charge in [-0.25, -0.2) is 14.0 Å². The van der Waals surface area contributed by atoms with Crippen molar-refractivity contribution >= 4 is 12.1 Å². The van der Waals surface area contributed by atoms with Gasteiger partial charge < -0.3 is 9.84 Å². The van der Waals surface area contributed by atoms with Crippen molar-refractivity contribution in [2.45, 2.75) is 51.7 Å². The molecule has 1 aliphatic rings. The molecule has 1 aliphatic heterocycles. The lowest BCUT2D eigenvalue weighted by molar-refractivity contribution is -0.144. The second kappa shape index (κ2) is 5.51. The zero-order chi connectivity index (χ0) is 17.6. The molecule has 0 saturated heterocycles. The Bertz CT molecular complexity index is 648. The van der Waals surface area contributed by atoms with Crippen LogP contribution in [0.1, 0.15) is 51.8 Å². The molecule has 23 heavy (non-hydrogen) atoms. The monoisotopic (exact) mass is 323 g/mol. The molecular weight excluding hydrogens is 301 g/mol. The zero-order valence-corrected chi connectivity index (χ0v) is 14.0. The van der Waals surface area contributed by atoms with Crippen molar-refractivity contribution in [3.8, 4) is 0 Å². The lowest BCUT2D eigenvalue weighted by Crippen LogP contribution is -2.51. The Hall–Kier alpha value is -2.11. The van der Waals surface area contributed by atoms with Gasteiger partial charge in [0.15, 0.2) is 6.04 Å². The van der Waals surface area contributed by atoms with Crippen LogP contribution in [0.25, 0.3) is 0 Å². The third-order valence-electron chi connectivity index (χ3n) is 3.78. The fraction of sp³-hybridized carbons (Fsp3) is 0.529. The van der Waals surface area contributed by atoms with E-state index in [1.165, 1.54) is 12.1 Å². The molecule has 1 heterocycles. The number of ether oxygens (including phenoxy) is 1. The average molecular weight is 323 g/mol. The highest BCUT2D eigenvalue weighted by Gasteiger charge is 2.44. The van der Waals surface area contributed by atoms with Crippen molar-refractivity contribution in [3.05, 3.63) is 35.1 Å². The molecule has 0 aliphatic carbocycles. The summed E-state index contributed by atoms with van der Waals surface area (Å²) >= 11 is 0. The number of carbonyl (C=O) groups is 2. The minimum absolute atomic E-state index is 0.178. The minimum Gasteiger partial charge on any atom is -0.479 e. The number of fused-ring (bicyclic) bond motifs is 1. The molecule has 2 rings (SSSR count). The fourth-order valence-electron chi connectivity index (χ4n) is 2.90. The molecule has 5 nitrogen and oxygen atoms in total. The van der Waals surface area contributed by atoms with Crippen molar-refractivity contribution in [1.82, 2.24) is 4.90 Å². The van der Waals surface area contributed by atoms with Gasteiger partial charge in [-0.05, 0) is 44.0 Å². The molecule has 1 atom stereocenters. The van der Waals surface area contributed by atoms with Crippen LogP contribution in [0.2, 0.25) is 0 Å². The maximum absolute atomic E-state index is 13.7. The van der Waals surface area contributed by atoms with E-state index in [-0.39, 0.29) is 6.54 Å². The predicted molar refractivity (Wildman–Crippen MR) is 82.7 cm³/mol. The SMILES string of the molecule is CC(C)(C)OC(=O)N1CC(C)(C)c2ccc(F)cc2C1C(=O)O. The zero-order valence-electron chi connectivity index (χ0n) is 14.0. The summed E-state index contributed by atoms with van der Waals surface area (Å²) in [5, 5.41) is 9.59. The van der Waals surface area contributed by atoms with Crippen LogP contribution in [0, 0.1) is 5.82 Å². The second-order valence-corrected chi connectivity index (χ2v) is 7.46. The first-order valence-corrected chi connectivity index (χ1v) is 7.45. The van der Waals surface area contributed by atoms with E-state index in [9.17, 15) is 19.1 Å². The third kappa shape index (κ3) is 3.46. The largest absolute Gasteiger partial charge is 0.479 e. The lowest BCUT2D eigenvalue weighted by Gasteiger charge is -2.43. The summed E-state index contributed by atoms with van der Waals surface area (Å²) in [7, 11) is 0. The van der Waals surface area contributed by atoms with Crippen LogP contribution >= 0.6 is 0 Å². The van der Waals surface area contributed by atoms with Crippen LogP contribution < -0.4 is 0 Å². The van der Waals surface area contributed by atoms with Gasteiger partial charge in [-0.15, -0.1) is 0 Å². The average Bonchev–Trinajstić information content (AvgIpc) is 2.34. The number of amides is 1. The summed E-state index contributed by atoms with van der Waals surface area (Å²) in [6.07, 6.45) is -0.715. The van der Waals surface area contributed by atoms with E-state index in [2.05, 4.69) is 0 Å². The maximum atomic E-state index is 13.7. The number of carbonyl (C=O) groups excluding carboxylic acids is 1. The summed E-state index contributed by atoms with van der Waals surface area (Å²) in [4.78, 5) is 25.4. The van der Waals surface area contributed by atoms with Crippen molar-refractivity contribution in [2.24, 2.45) is 0 Å². The summed E-state index contributed by atoms with van der Waals surface area (Å²) in [5.74, 6) is -1.74. The molecule has 1 unspecified atom stereocenters. The van der Waals surface area contributed by atoms with E-state index in [1.807, 2.05) is 13.8 Å². The van der Waals surface area contributed by atoms with Gasteiger partial charge in [-0.3, -0.25) is 4.90 Å². The van der Waals surface area contributed by atoms with Gasteiger partial charge in [-0.1, -0.05) is 19.9 Å². The van der Waals surface area contributed by atoms with Gasteiger partial charge in [0.2, 0.25) is 0 Å². The van der Waals surface area contributed by atoms with Gasteiger partial charge in [0.1, 0.15) is 11.4 Å². The summed E-state index contributed by atoms with van der Waals surface area (Å²) in [6.45, 7) is 9.09. The molecule has 0 saturated carbocycles. The number of aliphatic carboxylic acids is 1. The molecule has 0 aromatic heterocycles. The van der Waals surface area contributed by atoms with E-state index in [0.717, 1.165) is 10.5 Å². The smallest absolute Gasteiger partial charge is 0.411 e. The predicted octanol–water partition coefficient (Wildman–Crippen LogP) is 3.48. The quantitative estimate of drug-likeness (QED) is 0.859. The number of rotatable bonds is 1. The first-order valence-electron chi connectivity index (χ1n) is 7.45. The molecule has 0 spiro atoms. The summed E-state index contributed by atoms with van der Waals surface area (Å²) in [5.41, 5.74) is -0.232. The third-order valence-corrected chi connectivity index (χ3v) is 3.78. The Morgan fingerprint density at radius 1 is 1.35 bits per heavy atom. The van der Waals surface area contributed by atoms with Crippen LogP contribution in [0.5, 0.6) is 0 Å². The Morgan fingerprint density at radius 3 is 2.48 bits per heavy atom. The number of benzene rings is 1. The number of nitrogens with zero attached hydrogens (tertiary/aromatic N) is 1. The topological polar surface area (TPSA) is 66.8 Å². The van der Waals surface area contributed by atoms with Gasteiger partial charge in [-0.2, -0.15) is 0 Å². The molecule has 1 aromatic carbocycles. The van der Waals surface area contributed by atoms with E-state index in [4.69, 9.17) is 4.74 Å². The van der Waals surface area contributed by atoms with Gasteiger partial charge in [0.05, 0.1) is 0 Å². The van der Waals surface area contributed by atoms with Gasteiger partial charge in [0.25, 0.3) is 0 Å². The fourth-order valence-corrected chi connectivity index (χ4v) is 2.90. The number of hydrogen-bond donors (Lipinski definition) is 1. The first kappa shape index (κ1) is 17.2. The molecule has 126 valence electrons. The number of carboxylic acid groups (broad SMARTS) is 1. The highest BCUT2D eigenvalue weighted by Crippen LogP contribution is 2.40. The Morgan fingerprint density at radius 2 is 1.96 bits per heavy atom. The normalized spacial score (nSPS) is 19.9. The van der Waals surface area contributed by atoms with Crippen molar-refractivity contribution in [1.29, 1.82) is 0 Å². The minimum atomic E-state index is -1.26. The van der Waals surface area contributed by atoms with Gasteiger partial charge >= 0.3 is 12.1 Å². The first-order chi connectivity index (χ1) is 10.4. The second-order valence-electron chi connectivity index (χ2n) is 7.46. The standard InChI is InChI=1S/C17H22FNO4/c1-16(2,3)23-15(22)19-9-17(4,5)12-7-6-10(18)8-11(12)13(19)14(20)21/h6-8,13H,9H2,1-5H3,(H,20,21). The van der Waals surface area contributed by atoms with Crippen LogP contribution in [0.15, 0.2) is 18.2 Å². The van der Waals surface area contributed by atoms with Crippen molar-refractivity contribution in [3.63, 3.8) is 0 Å². The molecule has 1 N–H and O–H groups in total. The van der Waals surface area contributed by atoms with E-state index in [1.54, 1.807) is 26.8 Å². The highest BCUT2D eigenvalue weighted by atomic mass is 19.1. The summed E-state index contributed by atoms with van der Waals surface area (Å²) in [6, 6.07) is 2.82.